The third-order valence-corrected chi connectivity index (χ3v) is 3.22. The van der Waals surface area contributed by atoms with Crippen LogP contribution < -0.4 is 15.8 Å². The first-order valence-electron chi connectivity index (χ1n) is 5.74. The van der Waals surface area contributed by atoms with Crippen LogP contribution in [0.2, 0.25) is 0 Å². The molecule has 104 valence electrons. The molecule has 0 atom stereocenters. The topological polar surface area (TPSA) is 84.6 Å². The van der Waals surface area contributed by atoms with Gasteiger partial charge in [0.2, 0.25) is 0 Å². The SMILES string of the molecule is COc1ccc(Br)cc1Nc1ccc(N)c(C(=O)O)c1. The van der Waals surface area contributed by atoms with Crippen LogP contribution in [0.3, 0.4) is 0 Å². The van der Waals surface area contributed by atoms with E-state index in [1.807, 2.05) is 18.2 Å². The lowest BCUT2D eigenvalue weighted by Gasteiger charge is -2.12. The smallest absolute Gasteiger partial charge is 0.337 e. The van der Waals surface area contributed by atoms with Gasteiger partial charge in [0.25, 0.3) is 0 Å². The van der Waals surface area contributed by atoms with E-state index >= 15 is 0 Å². The monoisotopic (exact) mass is 336 g/mol. The quantitative estimate of drug-likeness (QED) is 0.744. The van der Waals surface area contributed by atoms with Gasteiger partial charge in [0.1, 0.15) is 5.75 Å². The number of nitrogens with one attached hydrogen (secondary N) is 1. The number of carbonyl (C=O) groups is 1. The van der Waals surface area contributed by atoms with Gasteiger partial charge in [0.15, 0.2) is 0 Å². The van der Waals surface area contributed by atoms with E-state index < -0.39 is 5.97 Å². The van der Waals surface area contributed by atoms with E-state index in [1.54, 1.807) is 19.2 Å². The molecule has 6 heteroatoms. The Morgan fingerprint density at radius 1 is 1.30 bits per heavy atom. The van der Waals surface area contributed by atoms with E-state index in [1.165, 1.54) is 6.07 Å². The van der Waals surface area contributed by atoms with Gasteiger partial charge in [-0.15, -0.1) is 0 Å². The average molecular weight is 337 g/mol. The largest absolute Gasteiger partial charge is 0.495 e. The summed E-state index contributed by atoms with van der Waals surface area (Å²) in [5, 5.41) is 12.2. The number of benzene rings is 2. The molecule has 2 aromatic carbocycles. The number of carboxylic acids is 1. The van der Waals surface area contributed by atoms with Gasteiger partial charge < -0.3 is 20.9 Å². The van der Waals surface area contributed by atoms with E-state index in [0.717, 1.165) is 10.2 Å². The van der Waals surface area contributed by atoms with Crippen molar-refractivity contribution in [3.8, 4) is 5.75 Å². The molecule has 0 fully saturated rings. The molecule has 4 N–H and O–H groups in total. The number of ether oxygens (including phenoxy) is 1. The van der Waals surface area contributed by atoms with Crippen molar-refractivity contribution in [3.05, 3.63) is 46.4 Å². The van der Waals surface area contributed by atoms with Crippen molar-refractivity contribution in [2.45, 2.75) is 0 Å². The molecule has 0 spiro atoms. The minimum Gasteiger partial charge on any atom is -0.495 e. The van der Waals surface area contributed by atoms with Crippen LogP contribution >= 0.6 is 15.9 Å². The Kier molecular flexibility index (Phi) is 4.14. The summed E-state index contributed by atoms with van der Waals surface area (Å²) >= 11 is 3.38. The van der Waals surface area contributed by atoms with Crippen molar-refractivity contribution in [2.75, 3.05) is 18.2 Å². The predicted octanol–water partition coefficient (Wildman–Crippen LogP) is 3.48. The zero-order chi connectivity index (χ0) is 14.7. The highest BCUT2D eigenvalue weighted by Crippen LogP contribution is 2.31. The Hall–Kier alpha value is -2.21. The molecule has 2 aromatic rings. The molecule has 0 aliphatic rings. The number of hydrogen-bond donors (Lipinski definition) is 3. The fourth-order valence-corrected chi connectivity index (χ4v) is 2.11. The van der Waals surface area contributed by atoms with E-state index in [9.17, 15) is 4.79 Å². The molecule has 0 saturated carbocycles. The maximum absolute atomic E-state index is 11.1. The lowest BCUT2D eigenvalue weighted by atomic mass is 10.1. The zero-order valence-corrected chi connectivity index (χ0v) is 12.3. The summed E-state index contributed by atoms with van der Waals surface area (Å²) in [5.74, 6) is -0.408. The Morgan fingerprint density at radius 2 is 2.05 bits per heavy atom. The van der Waals surface area contributed by atoms with Crippen LogP contribution in [0.15, 0.2) is 40.9 Å². The fraction of sp³-hybridized carbons (Fsp3) is 0.0714. The molecule has 0 aliphatic heterocycles. The maximum atomic E-state index is 11.1. The van der Waals surface area contributed by atoms with Gasteiger partial charge in [-0.2, -0.15) is 0 Å². The number of rotatable bonds is 4. The first-order valence-corrected chi connectivity index (χ1v) is 6.54. The number of carboxylic acid groups (broad SMARTS) is 1. The van der Waals surface area contributed by atoms with Gasteiger partial charge in [-0.3, -0.25) is 0 Å². The number of halogens is 1. The molecule has 20 heavy (non-hydrogen) atoms. The molecule has 5 nitrogen and oxygen atoms in total. The normalized spacial score (nSPS) is 10.1. The van der Waals surface area contributed by atoms with Crippen molar-refractivity contribution in [1.29, 1.82) is 0 Å². The second-order valence-electron chi connectivity index (χ2n) is 4.08. The summed E-state index contributed by atoms with van der Waals surface area (Å²) < 4.78 is 6.13. The van der Waals surface area contributed by atoms with Gasteiger partial charge >= 0.3 is 5.97 Å². The van der Waals surface area contributed by atoms with Crippen LogP contribution in [-0.4, -0.2) is 18.2 Å². The lowest BCUT2D eigenvalue weighted by Crippen LogP contribution is -2.03. The standard InChI is InChI=1S/C14H13BrN2O3/c1-20-13-5-2-8(15)6-12(13)17-9-3-4-11(16)10(7-9)14(18)19/h2-7,17H,16H2,1H3,(H,18,19). The van der Waals surface area contributed by atoms with E-state index in [4.69, 9.17) is 15.6 Å². The van der Waals surface area contributed by atoms with Crippen LogP contribution in [0.25, 0.3) is 0 Å². The van der Waals surface area contributed by atoms with Gasteiger partial charge in [-0.05, 0) is 36.4 Å². The summed E-state index contributed by atoms with van der Waals surface area (Å²) in [6.07, 6.45) is 0. The third-order valence-electron chi connectivity index (χ3n) is 2.72. The number of nitrogen functional groups attached to an aromatic ring is 1. The molecular weight excluding hydrogens is 324 g/mol. The van der Waals surface area contributed by atoms with Crippen molar-refractivity contribution in [3.63, 3.8) is 0 Å². The first-order chi connectivity index (χ1) is 9.51. The first kappa shape index (κ1) is 14.2. The van der Waals surface area contributed by atoms with Gasteiger partial charge in [-0.25, -0.2) is 4.79 Å². The molecule has 0 aliphatic carbocycles. The number of nitrogens with two attached hydrogens (primary N) is 1. The summed E-state index contributed by atoms with van der Waals surface area (Å²) in [7, 11) is 1.57. The number of methoxy groups -OCH3 is 1. The summed E-state index contributed by atoms with van der Waals surface area (Å²) in [5.41, 5.74) is 7.25. The zero-order valence-electron chi connectivity index (χ0n) is 10.7. The average Bonchev–Trinajstić information content (AvgIpc) is 2.41. The second kappa shape index (κ2) is 5.83. The highest BCUT2D eigenvalue weighted by Gasteiger charge is 2.10. The van der Waals surface area contributed by atoms with Crippen molar-refractivity contribution >= 4 is 39.0 Å². The van der Waals surface area contributed by atoms with E-state index in [0.29, 0.717) is 11.4 Å². The minimum absolute atomic E-state index is 0.0592. The summed E-state index contributed by atoms with van der Waals surface area (Å²) in [4.78, 5) is 11.1. The van der Waals surface area contributed by atoms with Crippen LogP contribution in [0.1, 0.15) is 10.4 Å². The molecule has 0 heterocycles. The maximum Gasteiger partial charge on any atom is 0.337 e. The molecule has 2 rings (SSSR count). The Bertz CT molecular complexity index is 659. The van der Waals surface area contributed by atoms with Crippen LogP contribution in [-0.2, 0) is 0 Å². The van der Waals surface area contributed by atoms with Crippen LogP contribution in [0.5, 0.6) is 5.75 Å². The molecule has 0 radical (unpaired) electrons. The minimum atomic E-state index is -1.06. The highest BCUT2D eigenvalue weighted by molar-refractivity contribution is 9.10. The number of aromatic carboxylic acids is 1. The van der Waals surface area contributed by atoms with Crippen molar-refractivity contribution < 1.29 is 14.6 Å². The van der Waals surface area contributed by atoms with Gasteiger partial charge in [-0.1, -0.05) is 15.9 Å². The van der Waals surface area contributed by atoms with E-state index in [-0.39, 0.29) is 11.3 Å². The Balaban J connectivity index is 2.37. The van der Waals surface area contributed by atoms with Crippen molar-refractivity contribution in [1.82, 2.24) is 0 Å². The second-order valence-corrected chi connectivity index (χ2v) is 4.99. The predicted molar refractivity (Wildman–Crippen MR) is 81.8 cm³/mol. The van der Waals surface area contributed by atoms with Gasteiger partial charge in [0.05, 0.1) is 18.4 Å². The fourth-order valence-electron chi connectivity index (χ4n) is 1.75. The molecule has 0 amide bonds. The van der Waals surface area contributed by atoms with Crippen molar-refractivity contribution in [2.24, 2.45) is 0 Å². The molecular formula is C14H13BrN2O3. The van der Waals surface area contributed by atoms with E-state index in [2.05, 4.69) is 21.2 Å². The molecule has 0 bridgehead atoms. The highest BCUT2D eigenvalue weighted by atomic mass is 79.9. The number of anilines is 3. The third kappa shape index (κ3) is 3.03. The molecule has 0 saturated heterocycles. The Morgan fingerprint density at radius 3 is 2.70 bits per heavy atom. The number of hydrogen-bond acceptors (Lipinski definition) is 4. The summed E-state index contributed by atoms with van der Waals surface area (Å²) in [6.45, 7) is 0. The summed E-state index contributed by atoms with van der Waals surface area (Å²) in [6, 6.07) is 10.3. The Labute approximate surface area is 124 Å². The van der Waals surface area contributed by atoms with Crippen LogP contribution in [0, 0.1) is 0 Å². The molecule has 0 unspecified atom stereocenters. The lowest BCUT2D eigenvalue weighted by molar-refractivity contribution is 0.0698. The van der Waals surface area contributed by atoms with Gasteiger partial charge in [0, 0.05) is 15.8 Å². The van der Waals surface area contributed by atoms with Crippen LogP contribution in [0.4, 0.5) is 17.1 Å². The molecule has 0 aromatic heterocycles.